The lowest BCUT2D eigenvalue weighted by Gasteiger charge is -2.08. The van der Waals surface area contributed by atoms with Gasteiger partial charge in [0.15, 0.2) is 0 Å². The maximum Gasteiger partial charge on any atom is 0.225 e. The highest BCUT2D eigenvalue weighted by atomic mass is 16.1. The van der Waals surface area contributed by atoms with E-state index in [4.69, 9.17) is 5.73 Å². The highest BCUT2D eigenvalue weighted by Crippen LogP contribution is 2.12. The zero-order chi connectivity index (χ0) is 13.0. The Hall–Kier alpha value is -2.21. The normalized spacial score (nSPS) is 12.1. The molecule has 0 bridgehead atoms. The van der Waals surface area contributed by atoms with Crippen molar-refractivity contribution in [2.75, 3.05) is 5.32 Å². The predicted molar refractivity (Wildman–Crippen MR) is 68.3 cm³/mol. The summed E-state index contributed by atoms with van der Waals surface area (Å²) in [5.74, 6) is -0.0847. The van der Waals surface area contributed by atoms with Gasteiger partial charge >= 0.3 is 0 Å². The van der Waals surface area contributed by atoms with Gasteiger partial charge in [0.05, 0.1) is 5.69 Å². The lowest BCUT2D eigenvalue weighted by molar-refractivity contribution is -0.116. The quantitative estimate of drug-likeness (QED) is 0.839. The van der Waals surface area contributed by atoms with Crippen LogP contribution in [0.25, 0.3) is 5.69 Å². The Labute approximate surface area is 105 Å². The third-order valence-electron chi connectivity index (χ3n) is 2.34. The van der Waals surface area contributed by atoms with E-state index in [1.807, 2.05) is 24.3 Å². The van der Waals surface area contributed by atoms with Crippen molar-refractivity contribution in [2.45, 2.75) is 19.4 Å². The Bertz CT molecular complexity index is 504. The van der Waals surface area contributed by atoms with Crippen molar-refractivity contribution in [3.8, 4) is 5.69 Å². The largest absolute Gasteiger partial charge is 0.327 e. The van der Waals surface area contributed by atoms with Crippen molar-refractivity contribution in [2.24, 2.45) is 5.73 Å². The summed E-state index contributed by atoms with van der Waals surface area (Å²) < 4.78 is 1.65. The standard InChI is InChI=1S/C12H15N5O/c1-9(13)6-12(18)16-10-2-4-11(5-3-10)17-8-14-7-15-17/h2-5,7-9H,6,13H2,1H3,(H,16,18). The highest BCUT2D eigenvalue weighted by Gasteiger charge is 2.05. The Morgan fingerprint density at radius 2 is 2.17 bits per heavy atom. The SMILES string of the molecule is CC(N)CC(=O)Nc1ccc(-n2cncn2)cc1. The second-order valence-corrected chi connectivity index (χ2v) is 4.12. The number of carbonyl (C=O) groups is 1. The van der Waals surface area contributed by atoms with E-state index < -0.39 is 0 Å². The predicted octanol–water partition coefficient (Wildman–Crippen LogP) is 0.943. The molecule has 6 heteroatoms. The molecule has 0 spiro atoms. The van der Waals surface area contributed by atoms with E-state index in [1.54, 1.807) is 17.9 Å². The van der Waals surface area contributed by atoms with E-state index >= 15 is 0 Å². The molecule has 0 radical (unpaired) electrons. The number of nitrogens with two attached hydrogens (primary N) is 1. The lowest BCUT2D eigenvalue weighted by atomic mass is 10.2. The fourth-order valence-corrected chi connectivity index (χ4v) is 1.54. The first-order valence-corrected chi connectivity index (χ1v) is 5.65. The van der Waals surface area contributed by atoms with Gasteiger partial charge in [-0.25, -0.2) is 9.67 Å². The van der Waals surface area contributed by atoms with Gasteiger partial charge < -0.3 is 11.1 Å². The summed E-state index contributed by atoms with van der Waals surface area (Å²) in [5, 5.41) is 6.80. The first kappa shape index (κ1) is 12.3. The second kappa shape index (κ2) is 5.42. The van der Waals surface area contributed by atoms with E-state index in [9.17, 15) is 4.79 Å². The van der Waals surface area contributed by atoms with Crippen LogP contribution in [0.15, 0.2) is 36.9 Å². The zero-order valence-corrected chi connectivity index (χ0v) is 10.1. The van der Waals surface area contributed by atoms with Crippen LogP contribution in [0, 0.1) is 0 Å². The smallest absolute Gasteiger partial charge is 0.225 e. The molecule has 18 heavy (non-hydrogen) atoms. The van der Waals surface area contributed by atoms with Crippen LogP contribution in [-0.2, 0) is 4.79 Å². The number of carbonyl (C=O) groups excluding carboxylic acids is 1. The molecule has 1 unspecified atom stereocenters. The minimum atomic E-state index is -0.139. The summed E-state index contributed by atoms with van der Waals surface area (Å²) in [5.41, 5.74) is 7.18. The van der Waals surface area contributed by atoms with Crippen molar-refractivity contribution in [3.05, 3.63) is 36.9 Å². The van der Waals surface area contributed by atoms with Gasteiger partial charge in [0.25, 0.3) is 0 Å². The van der Waals surface area contributed by atoms with E-state index in [-0.39, 0.29) is 11.9 Å². The number of hydrogen-bond donors (Lipinski definition) is 2. The van der Waals surface area contributed by atoms with Crippen LogP contribution in [0.5, 0.6) is 0 Å². The van der Waals surface area contributed by atoms with Crippen LogP contribution < -0.4 is 11.1 Å². The van der Waals surface area contributed by atoms with E-state index in [2.05, 4.69) is 15.4 Å². The van der Waals surface area contributed by atoms with Crippen LogP contribution in [0.4, 0.5) is 5.69 Å². The van der Waals surface area contributed by atoms with E-state index in [0.717, 1.165) is 11.4 Å². The molecule has 1 aromatic heterocycles. The molecular formula is C12H15N5O. The van der Waals surface area contributed by atoms with Gasteiger partial charge in [-0.2, -0.15) is 5.10 Å². The fourth-order valence-electron chi connectivity index (χ4n) is 1.54. The molecule has 0 aliphatic carbocycles. The van der Waals surface area contributed by atoms with Crippen molar-refractivity contribution >= 4 is 11.6 Å². The Morgan fingerprint density at radius 3 is 2.72 bits per heavy atom. The second-order valence-electron chi connectivity index (χ2n) is 4.12. The molecule has 0 aliphatic heterocycles. The molecule has 1 heterocycles. The van der Waals surface area contributed by atoms with Gasteiger partial charge in [0.1, 0.15) is 12.7 Å². The number of anilines is 1. The van der Waals surface area contributed by atoms with Crippen LogP contribution >= 0.6 is 0 Å². The summed E-state index contributed by atoms with van der Waals surface area (Å²) >= 11 is 0. The molecule has 6 nitrogen and oxygen atoms in total. The minimum absolute atomic E-state index is 0.0847. The molecule has 2 rings (SSSR count). The van der Waals surface area contributed by atoms with Crippen LogP contribution in [-0.4, -0.2) is 26.7 Å². The van der Waals surface area contributed by atoms with Gasteiger partial charge in [0.2, 0.25) is 5.91 Å². The highest BCUT2D eigenvalue weighted by molar-refractivity contribution is 5.91. The summed E-state index contributed by atoms with van der Waals surface area (Å²) in [6.45, 7) is 1.80. The van der Waals surface area contributed by atoms with Crippen LogP contribution in [0.2, 0.25) is 0 Å². The molecule has 0 saturated heterocycles. The van der Waals surface area contributed by atoms with Crippen molar-refractivity contribution in [1.29, 1.82) is 0 Å². The average molecular weight is 245 g/mol. The average Bonchev–Trinajstić information content (AvgIpc) is 2.82. The molecule has 1 aromatic carbocycles. The number of benzene rings is 1. The molecule has 0 aliphatic rings. The number of aromatic nitrogens is 3. The van der Waals surface area contributed by atoms with Gasteiger partial charge in [-0.15, -0.1) is 0 Å². The summed E-state index contributed by atoms with van der Waals surface area (Å²) in [6, 6.07) is 7.21. The summed E-state index contributed by atoms with van der Waals surface area (Å²) in [4.78, 5) is 15.4. The number of amides is 1. The van der Waals surface area contributed by atoms with Crippen molar-refractivity contribution < 1.29 is 4.79 Å². The van der Waals surface area contributed by atoms with Crippen LogP contribution in [0.3, 0.4) is 0 Å². The summed E-state index contributed by atoms with van der Waals surface area (Å²) in [7, 11) is 0. The maximum atomic E-state index is 11.5. The third kappa shape index (κ3) is 3.14. The number of hydrogen-bond acceptors (Lipinski definition) is 4. The molecule has 2 aromatic rings. The molecule has 1 amide bonds. The third-order valence-corrected chi connectivity index (χ3v) is 2.34. The maximum absolute atomic E-state index is 11.5. The topological polar surface area (TPSA) is 85.8 Å². The van der Waals surface area contributed by atoms with Gasteiger partial charge in [-0.05, 0) is 31.2 Å². The molecule has 94 valence electrons. The first-order valence-electron chi connectivity index (χ1n) is 5.65. The number of rotatable bonds is 4. The van der Waals surface area contributed by atoms with Gasteiger partial charge in [-0.3, -0.25) is 4.79 Å². The Kier molecular flexibility index (Phi) is 3.69. The minimum Gasteiger partial charge on any atom is -0.327 e. The Morgan fingerprint density at radius 1 is 1.44 bits per heavy atom. The monoisotopic (exact) mass is 245 g/mol. The fraction of sp³-hybridized carbons (Fsp3) is 0.250. The van der Waals surface area contributed by atoms with Gasteiger partial charge in [-0.1, -0.05) is 0 Å². The molecular weight excluding hydrogens is 230 g/mol. The van der Waals surface area contributed by atoms with E-state index in [1.165, 1.54) is 6.33 Å². The Balaban J connectivity index is 2.02. The molecule has 0 fully saturated rings. The van der Waals surface area contributed by atoms with Gasteiger partial charge in [0, 0.05) is 18.2 Å². The van der Waals surface area contributed by atoms with Crippen molar-refractivity contribution in [1.82, 2.24) is 14.8 Å². The van der Waals surface area contributed by atoms with Crippen molar-refractivity contribution in [3.63, 3.8) is 0 Å². The summed E-state index contributed by atoms with van der Waals surface area (Å²) in [6.07, 6.45) is 3.40. The zero-order valence-electron chi connectivity index (χ0n) is 10.1. The number of nitrogens with zero attached hydrogens (tertiary/aromatic N) is 3. The molecule has 0 saturated carbocycles. The van der Waals surface area contributed by atoms with Crippen LogP contribution in [0.1, 0.15) is 13.3 Å². The molecule has 3 N–H and O–H groups in total. The molecule has 1 atom stereocenters. The number of nitrogens with one attached hydrogen (secondary N) is 1. The lowest BCUT2D eigenvalue weighted by Crippen LogP contribution is -2.23. The first-order chi connectivity index (χ1) is 8.65. The van der Waals surface area contributed by atoms with E-state index in [0.29, 0.717) is 6.42 Å².